The molecule has 1 amide bonds. The molecule has 0 spiro atoms. The van der Waals surface area contributed by atoms with Crippen molar-refractivity contribution in [2.24, 2.45) is 0 Å². The van der Waals surface area contributed by atoms with E-state index in [0.717, 1.165) is 35.0 Å². The number of amides is 1. The highest BCUT2D eigenvalue weighted by molar-refractivity contribution is 5.94. The normalized spacial score (nSPS) is 13.9. The first-order valence-corrected chi connectivity index (χ1v) is 6.66. The summed E-state index contributed by atoms with van der Waals surface area (Å²) in [6.07, 6.45) is 0.644. The number of hydrogen-bond acceptors (Lipinski definition) is 2. The molecule has 3 rings (SSSR count). The van der Waals surface area contributed by atoms with Gasteiger partial charge in [-0.05, 0) is 35.7 Å². The van der Waals surface area contributed by atoms with Crippen molar-refractivity contribution < 1.29 is 13.6 Å². The van der Waals surface area contributed by atoms with Crippen LogP contribution in [-0.2, 0) is 13.0 Å². The van der Waals surface area contributed by atoms with E-state index < -0.39 is 11.6 Å². The molecule has 0 aliphatic carbocycles. The zero-order valence-corrected chi connectivity index (χ0v) is 11.3. The highest BCUT2D eigenvalue weighted by Gasteiger charge is 2.23. The lowest BCUT2D eigenvalue weighted by Gasteiger charge is -2.29. The molecule has 108 valence electrons. The molecule has 3 nitrogen and oxygen atoms in total. The molecular weight excluding hydrogens is 274 g/mol. The van der Waals surface area contributed by atoms with Gasteiger partial charge in [-0.3, -0.25) is 4.79 Å². The number of nitrogens with two attached hydrogens (primary N) is 1. The van der Waals surface area contributed by atoms with E-state index in [9.17, 15) is 13.6 Å². The summed E-state index contributed by atoms with van der Waals surface area (Å²) >= 11 is 0. The van der Waals surface area contributed by atoms with Gasteiger partial charge in [0.2, 0.25) is 0 Å². The zero-order chi connectivity index (χ0) is 15.0. The van der Waals surface area contributed by atoms with E-state index in [4.69, 9.17) is 5.73 Å². The van der Waals surface area contributed by atoms with Crippen LogP contribution in [0.5, 0.6) is 0 Å². The minimum absolute atomic E-state index is 0.0276. The lowest BCUT2D eigenvalue weighted by Crippen LogP contribution is -2.36. The number of rotatable bonds is 1. The van der Waals surface area contributed by atoms with E-state index in [1.165, 1.54) is 0 Å². The van der Waals surface area contributed by atoms with Gasteiger partial charge in [-0.15, -0.1) is 0 Å². The van der Waals surface area contributed by atoms with Crippen LogP contribution in [0.15, 0.2) is 36.4 Å². The average molecular weight is 288 g/mol. The fourth-order valence-electron chi connectivity index (χ4n) is 2.67. The fraction of sp³-hybridized carbons (Fsp3) is 0.188. The van der Waals surface area contributed by atoms with E-state index >= 15 is 0 Å². The molecule has 0 atom stereocenters. The van der Waals surface area contributed by atoms with Gasteiger partial charge < -0.3 is 10.6 Å². The number of carbonyl (C=O) groups is 1. The summed E-state index contributed by atoms with van der Waals surface area (Å²) < 4.78 is 26.4. The molecule has 1 heterocycles. The Balaban J connectivity index is 1.87. The van der Waals surface area contributed by atoms with Crippen LogP contribution < -0.4 is 5.73 Å². The van der Waals surface area contributed by atoms with E-state index in [2.05, 4.69) is 0 Å². The predicted molar refractivity (Wildman–Crippen MR) is 75.7 cm³/mol. The Morgan fingerprint density at radius 2 is 1.86 bits per heavy atom. The van der Waals surface area contributed by atoms with Gasteiger partial charge >= 0.3 is 0 Å². The second kappa shape index (κ2) is 5.16. The summed E-state index contributed by atoms with van der Waals surface area (Å²) in [5.74, 6) is -1.87. The topological polar surface area (TPSA) is 46.3 Å². The monoisotopic (exact) mass is 288 g/mol. The Labute approximate surface area is 121 Å². The summed E-state index contributed by atoms with van der Waals surface area (Å²) in [5, 5.41) is 0. The third-order valence-corrected chi connectivity index (χ3v) is 3.70. The summed E-state index contributed by atoms with van der Waals surface area (Å²) in [5.41, 5.74) is 8.68. The van der Waals surface area contributed by atoms with Crippen molar-refractivity contribution in [3.05, 3.63) is 64.7 Å². The van der Waals surface area contributed by atoms with Crippen molar-refractivity contribution in [3.63, 3.8) is 0 Å². The van der Waals surface area contributed by atoms with Crippen molar-refractivity contribution in [1.82, 2.24) is 4.90 Å². The molecule has 2 aromatic carbocycles. The van der Waals surface area contributed by atoms with Gasteiger partial charge in [0.15, 0.2) is 0 Å². The van der Waals surface area contributed by atoms with Crippen molar-refractivity contribution in [2.75, 3.05) is 12.3 Å². The molecule has 0 radical (unpaired) electrons. The Morgan fingerprint density at radius 3 is 2.57 bits per heavy atom. The maximum Gasteiger partial charge on any atom is 0.254 e. The Bertz CT molecular complexity index is 695. The lowest BCUT2D eigenvalue weighted by molar-refractivity contribution is 0.0734. The second-order valence-electron chi connectivity index (χ2n) is 5.12. The van der Waals surface area contributed by atoms with Crippen LogP contribution in [0.25, 0.3) is 0 Å². The second-order valence-corrected chi connectivity index (χ2v) is 5.12. The quantitative estimate of drug-likeness (QED) is 0.820. The molecule has 0 bridgehead atoms. The van der Waals surface area contributed by atoms with Crippen molar-refractivity contribution >= 4 is 11.6 Å². The third kappa shape index (κ3) is 2.59. The van der Waals surface area contributed by atoms with Crippen LogP contribution >= 0.6 is 0 Å². The molecule has 0 saturated carbocycles. The maximum absolute atomic E-state index is 13.2. The van der Waals surface area contributed by atoms with E-state index in [1.807, 2.05) is 18.2 Å². The van der Waals surface area contributed by atoms with Crippen LogP contribution in [0, 0.1) is 11.6 Å². The molecular formula is C16H14F2N2O. The van der Waals surface area contributed by atoms with Crippen molar-refractivity contribution in [3.8, 4) is 0 Å². The summed E-state index contributed by atoms with van der Waals surface area (Å²) in [6.45, 7) is 0.884. The minimum atomic E-state index is -0.750. The van der Waals surface area contributed by atoms with Gasteiger partial charge in [-0.25, -0.2) is 8.78 Å². The fourth-order valence-corrected chi connectivity index (χ4v) is 2.67. The molecule has 2 aromatic rings. The number of benzene rings is 2. The number of hydrogen-bond donors (Lipinski definition) is 1. The Hall–Kier alpha value is -2.43. The molecule has 0 aromatic heterocycles. The molecule has 0 saturated heterocycles. The highest BCUT2D eigenvalue weighted by atomic mass is 19.1. The van der Waals surface area contributed by atoms with E-state index in [1.54, 1.807) is 4.90 Å². The molecule has 0 fully saturated rings. The first kappa shape index (κ1) is 13.5. The first-order valence-electron chi connectivity index (χ1n) is 6.66. The molecule has 0 unspecified atom stereocenters. The molecule has 21 heavy (non-hydrogen) atoms. The summed E-state index contributed by atoms with van der Waals surface area (Å²) in [7, 11) is 0. The van der Waals surface area contributed by atoms with Gasteiger partial charge in [0.1, 0.15) is 11.6 Å². The number of halogens is 2. The SMILES string of the molecule is Nc1cccc2c1CCN(C(=O)c1cc(F)cc(F)c1)C2. The Kier molecular flexibility index (Phi) is 3.33. The van der Waals surface area contributed by atoms with E-state index in [-0.39, 0.29) is 11.5 Å². The van der Waals surface area contributed by atoms with Crippen molar-refractivity contribution in [2.45, 2.75) is 13.0 Å². The van der Waals surface area contributed by atoms with Crippen molar-refractivity contribution in [1.29, 1.82) is 0 Å². The minimum Gasteiger partial charge on any atom is -0.398 e. The third-order valence-electron chi connectivity index (χ3n) is 3.70. The summed E-state index contributed by atoms with van der Waals surface area (Å²) in [6, 6.07) is 8.45. The molecule has 5 heteroatoms. The predicted octanol–water partition coefficient (Wildman–Crippen LogP) is 2.75. The zero-order valence-electron chi connectivity index (χ0n) is 11.3. The van der Waals surface area contributed by atoms with Crippen LogP contribution in [-0.4, -0.2) is 17.4 Å². The molecule has 2 N–H and O–H groups in total. The van der Waals surface area contributed by atoms with Crippen LogP contribution in [0.4, 0.5) is 14.5 Å². The molecule has 1 aliphatic heterocycles. The van der Waals surface area contributed by atoms with Crippen LogP contribution in [0.1, 0.15) is 21.5 Å². The first-order chi connectivity index (χ1) is 10.0. The highest BCUT2D eigenvalue weighted by Crippen LogP contribution is 2.25. The number of anilines is 1. The van der Waals surface area contributed by atoms with E-state index in [0.29, 0.717) is 19.5 Å². The van der Waals surface area contributed by atoms with Gasteiger partial charge in [0, 0.05) is 30.4 Å². The number of carbonyl (C=O) groups excluding carboxylic acids is 1. The van der Waals surface area contributed by atoms with Crippen LogP contribution in [0.2, 0.25) is 0 Å². The largest absolute Gasteiger partial charge is 0.398 e. The average Bonchev–Trinajstić information content (AvgIpc) is 2.45. The smallest absolute Gasteiger partial charge is 0.254 e. The number of nitrogen functional groups attached to an aromatic ring is 1. The number of fused-ring (bicyclic) bond motifs is 1. The molecule has 1 aliphatic rings. The van der Waals surface area contributed by atoms with Gasteiger partial charge in [-0.2, -0.15) is 0 Å². The Morgan fingerprint density at radius 1 is 1.14 bits per heavy atom. The standard InChI is InChI=1S/C16H14F2N2O/c17-12-6-11(7-13(18)8-12)16(21)20-5-4-14-10(9-20)2-1-3-15(14)19/h1-3,6-8H,4-5,9,19H2. The van der Waals surface area contributed by atoms with Gasteiger partial charge in [-0.1, -0.05) is 12.1 Å². The maximum atomic E-state index is 13.2. The number of nitrogens with zero attached hydrogens (tertiary/aromatic N) is 1. The van der Waals surface area contributed by atoms with Crippen LogP contribution in [0.3, 0.4) is 0 Å². The summed E-state index contributed by atoms with van der Waals surface area (Å²) in [4.78, 5) is 13.9. The lowest BCUT2D eigenvalue weighted by atomic mass is 9.97. The van der Waals surface area contributed by atoms with Gasteiger partial charge in [0.05, 0.1) is 0 Å². The van der Waals surface area contributed by atoms with Gasteiger partial charge in [0.25, 0.3) is 5.91 Å².